The van der Waals surface area contributed by atoms with E-state index in [1.807, 2.05) is 12.1 Å². The molecule has 5 nitrogen and oxygen atoms in total. The van der Waals surface area contributed by atoms with Gasteiger partial charge in [-0.15, -0.1) is 0 Å². The summed E-state index contributed by atoms with van der Waals surface area (Å²) in [4.78, 5) is 12.3. The number of carbonyl (C=O) groups excluding carboxylic acids is 1. The van der Waals surface area contributed by atoms with Crippen molar-refractivity contribution in [3.63, 3.8) is 0 Å². The van der Waals surface area contributed by atoms with E-state index in [0.29, 0.717) is 19.0 Å². The number of esters is 1. The van der Waals surface area contributed by atoms with Crippen molar-refractivity contribution in [3.8, 4) is 11.5 Å². The van der Waals surface area contributed by atoms with Crippen molar-refractivity contribution in [2.75, 3.05) is 19.8 Å². The van der Waals surface area contributed by atoms with E-state index in [0.717, 1.165) is 31.6 Å². The molecule has 0 aliphatic carbocycles. The van der Waals surface area contributed by atoms with E-state index in [1.54, 1.807) is 12.1 Å². The van der Waals surface area contributed by atoms with Crippen LogP contribution in [0.15, 0.2) is 24.3 Å². The van der Waals surface area contributed by atoms with Gasteiger partial charge in [-0.05, 0) is 43.5 Å². The molecule has 5 heteroatoms. The molecule has 0 bridgehead atoms. The van der Waals surface area contributed by atoms with E-state index in [-0.39, 0.29) is 18.2 Å². The van der Waals surface area contributed by atoms with Crippen LogP contribution in [0.4, 0.5) is 0 Å². The highest BCUT2D eigenvalue weighted by molar-refractivity contribution is 5.75. The molecule has 28 heavy (non-hydrogen) atoms. The fourth-order valence-corrected chi connectivity index (χ4v) is 3.11. The molecule has 0 amide bonds. The summed E-state index contributed by atoms with van der Waals surface area (Å²) in [6.45, 7) is 5.82. The lowest BCUT2D eigenvalue weighted by Crippen LogP contribution is -2.38. The largest absolute Gasteiger partial charge is 0.494 e. The van der Waals surface area contributed by atoms with Crippen molar-refractivity contribution >= 4 is 5.97 Å². The van der Waals surface area contributed by atoms with Gasteiger partial charge in [-0.2, -0.15) is 0 Å². The number of benzene rings is 1. The number of rotatable bonds is 13. The third-order valence-electron chi connectivity index (χ3n) is 4.90. The zero-order valence-corrected chi connectivity index (χ0v) is 17.5. The molecule has 2 rings (SSSR count). The second-order valence-electron chi connectivity index (χ2n) is 7.44. The summed E-state index contributed by atoms with van der Waals surface area (Å²) < 4.78 is 22.5. The van der Waals surface area contributed by atoms with E-state index in [4.69, 9.17) is 18.9 Å². The first-order valence-electron chi connectivity index (χ1n) is 10.9. The Balaban J connectivity index is 1.64. The molecule has 1 fully saturated rings. The van der Waals surface area contributed by atoms with Gasteiger partial charge in [0, 0.05) is 0 Å². The minimum atomic E-state index is -0.374. The topological polar surface area (TPSA) is 54.0 Å². The van der Waals surface area contributed by atoms with Gasteiger partial charge in [0.1, 0.15) is 17.4 Å². The lowest BCUT2D eigenvalue weighted by atomic mass is 10.1. The average Bonchev–Trinajstić information content (AvgIpc) is 2.73. The molecule has 0 N–H and O–H groups in total. The van der Waals surface area contributed by atoms with Gasteiger partial charge in [0.05, 0.1) is 19.8 Å². The predicted molar refractivity (Wildman–Crippen MR) is 110 cm³/mol. The molecule has 1 heterocycles. The summed E-state index contributed by atoms with van der Waals surface area (Å²) >= 11 is 0. The molecular formula is C23H36O5. The Morgan fingerprint density at radius 3 is 2.14 bits per heavy atom. The van der Waals surface area contributed by atoms with Crippen LogP contribution < -0.4 is 9.47 Å². The summed E-state index contributed by atoms with van der Waals surface area (Å²) in [5.74, 6) is 0.635. The highest BCUT2D eigenvalue weighted by Crippen LogP contribution is 2.21. The van der Waals surface area contributed by atoms with Crippen LogP contribution in [0, 0.1) is 5.92 Å². The zero-order valence-electron chi connectivity index (χ0n) is 17.5. The van der Waals surface area contributed by atoms with Gasteiger partial charge in [-0.25, -0.2) is 0 Å². The van der Waals surface area contributed by atoms with E-state index in [2.05, 4.69) is 13.8 Å². The van der Waals surface area contributed by atoms with Gasteiger partial charge >= 0.3 is 5.97 Å². The molecular weight excluding hydrogens is 356 g/mol. The Hall–Kier alpha value is -1.59. The summed E-state index contributed by atoms with van der Waals surface area (Å²) in [6, 6.07) is 7.20. The summed E-state index contributed by atoms with van der Waals surface area (Å²) in [5, 5.41) is 0. The molecule has 0 spiro atoms. The van der Waals surface area contributed by atoms with E-state index < -0.39 is 0 Å². The first-order valence-corrected chi connectivity index (χ1v) is 10.9. The van der Waals surface area contributed by atoms with Crippen LogP contribution in [0.3, 0.4) is 0 Å². The van der Waals surface area contributed by atoms with Gasteiger partial charge in [0.15, 0.2) is 6.29 Å². The molecule has 1 aromatic carbocycles. The smallest absolute Gasteiger partial charge is 0.319 e. The van der Waals surface area contributed by atoms with Gasteiger partial charge in [-0.1, -0.05) is 52.4 Å². The van der Waals surface area contributed by atoms with Crippen LogP contribution >= 0.6 is 0 Å². The third-order valence-corrected chi connectivity index (χ3v) is 4.90. The van der Waals surface area contributed by atoms with Crippen molar-refractivity contribution in [3.05, 3.63) is 24.3 Å². The average molecular weight is 393 g/mol. The highest BCUT2D eigenvalue weighted by atomic mass is 16.7. The molecule has 1 aliphatic heterocycles. The van der Waals surface area contributed by atoms with Crippen LogP contribution in [0.25, 0.3) is 0 Å². The first kappa shape index (κ1) is 22.7. The van der Waals surface area contributed by atoms with Gasteiger partial charge in [-0.3, -0.25) is 4.79 Å². The maximum Gasteiger partial charge on any atom is 0.319 e. The van der Waals surface area contributed by atoms with Gasteiger partial charge in [0.25, 0.3) is 0 Å². The minimum absolute atomic E-state index is 0.185. The number of hydrogen-bond donors (Lipinski definition) is 0. The third kappa shape index (κ3) is 8.61. The number of hydrogen-bond acceptors (Lipinski definition) is 5. The quantitative estimate of drug-likeness (QED) is 0.252. The molecule has 0 saturated carbocycles. The van der Waals surface area contributed by atoms with Crippen LogP contribution in [0.5, 0.6) is 11.5 Å². The SMILES string of the molecule is CCCCCCOc1ccc(OC(=O)[C@H]2CO[C@H](CCCCCC)OC2)cc1. The number of ether oxygens (including phenoxy) is 4. The van der Waals surface area contributed by atoms with Crippen molar-refractivity contribution in [2.45, 2.75) is 77.9 Å². The molecule has 1 aromatic rings. The molecule has 0 radical (unpaired) electrons. The summed E-state index contributed by atoms with van der Waals surface area (Å²) in [6.07, 6.45) is 10.2. The highest BCUT2D eigenvalue weighted by Gasteiger charge is 2.28. The van der Waals surface area contributed by atoms with E-state index in [1.165, 1.54) is 38.5 Å². The normalized spacial score (nSPS) is 19.4. The maximum absolute atomic E-state index is 12.3. The number of carbonyl (C=O) groups is 1. The maximum atomic E-state index is 12.3. The lowest BCUT2D eigenvalue weighted by molar-refractivity contribution is -0.208. The van der Waals surface area contributed by atoms with Crippen molar-refractivity contribution in [1.82, 2.24) is 0 Å². The van der Waals surface area contributed by atoms with Gasteiger partial charge in [0.2, 0.25) is 0 Å². The Morgan fingerprint density at radius 1 is 0.893 bits per heavy atom. The monoisotopic (exact) mass is 392 g/mol. The molecule has 1 aliphatic rings. The molecule has 1 saturated heterocycles. The van der Waals surface area contributed by atoms with Crippen LogP contribution in [0.2, 0.25) is 0 Å². The second-order valence-corrected chi connectivity index (χ2v) is 7.44. The Labute approximate surface area is 169 Å². The Bertz CT molecular complexity index is 534. The van der Waals surface area contributed by atoms with E-state index >= 15 is 0 Å². The summed E-state index contributed by atoms with van der Waals surface area (Å²) in [7, 11) is 0. The van der Waals surface area contributed by atoms with Crippen molar-refractivity contribution < 1.29 is 23.7 Å². The van der Waals surface area contributed by atoms with Crippen LogP contribution in [0.1, 0.15) is 71.6 Å². The fourth-order valence-electron chi connectivity index (χ4n) is 3.11. The predicted octanol–water partition coefficient (Wildman–Crippen LogP) is 5.51. The fraction of sp³-hybridized carbons (Fsp3) is 0.696. The zero-order chi connectivity index (χ0) is 20.0. The molecule has 158 valence electrons. The first-order chi connectivity index (χ1) is 13.7. The van der Waals surface area contributed by atoms with E-state index in [9.17, 15) is 4.79 Å². The molecule has 0 aromatic heterocycles. The van der Waals surface area contributed by atoms with Gasteiger partial charge < -0.3 is 18.9 Å². The Kier molecular flexibility index (Phi) is 11.0. The van der Waals surface area contributed by atoms with Crippen molar-refractivity contribution in [2.24, 2.45) is 5.92 Å². The van der Waals surface area contributed by atoms with Crippen LogP contribution in [-0.2, 0) is 14.3 Å². The van der Waals surface area contributed by atoms with Crippen molar-refractivity contribution in [1.29, 1.82) is 0 Å². The second kappa shape index (κ2) is 13.6. The Morgan fingerprint density at radius 2 is 1.50 bits per heavy atom. The van der Waals surface area contributed by atoms with Crippen LogP contribution in [-0.4, -0.2) is 32.1 Å². The lowest BCUT2D eigenvalue weighted by Gasteiger charge is -2.28. The summed E-state index contributed by atoms with van der Waals surface area (Å²) in [5.41, 5.74) is 0. The standard InChI is InChI=1S/C23H36O5/c1-3-5-7-9-11-22-26-17-19(18-27-22)23(24)28-21-14-12-20(13-15-21)25-16-10-8-6-4-2/h12-15,19,22H,3-11,16-18H2,1-2H3/t19-,22-. The molecule has 0 unspecified atom stereocenters. The molecule has 0 atom stereocenters. The number of unbranched alkanes of at least 4 members (excludes halogenated alkanes) is 6. The minimum Gasteiger partial charge on any atom is -0.494 e.